The topological polar surface area (TPSA) is 83.8 Å². The second-order valence-electron chi connectivity index (χ2n) is 3.15. The van der Waals surface area contributed by atoms with Crippen molar-refractivity contribution < 1.29 is 37.7 Å². The van der Waals surface area contributed by atoms with Crippen molar-refractivity contribution in [3.05, 3.63) is 29.1 Å². The molecule has 0 aliphatic rings. The van der Waals surface area contributed by atoms with Gasteiger partial charge in [-0.3, -0.25) is 4.79 Å². The highest BCUT2D eigenvalue weighted by Crippen LogP contribution is 2.26. The number of carbonyl (C=O) groups excluding carboxylic acids is 1. The summed E-state index contributed by atoms with van der Waals surface area (Å²) in [5.41, 5.74) is -1.39. The van der Waals surface area contributed by atoms with Crippen molar-refractivity contribution in [3.8, 4) is 5.75 Å². The van der Waals surface area contributed by atoms with Crippen molar-refractivity contribution in [3.63, 3.8) is 0 Å². The van der Waals surface area contributed by atoms with E-state index in [1.165, 1.54) is 0 Å². The lowest BCUT2D eigenvalue weighted by Crippen LogP contribution is -2.14. The van der Waals surface area contributed by atoms with E-state index in [4.69, 9.17) is 5.11 Å². The number of carboxylic acids is 1. The second kappa shape index (κ2) is 5.50. The standard InChI is InChI=1S/C10H7F3O5/c11-7-2-4(18-10(12)13)1-5(6(7)3-14)8(15)9(16)17/h1-3,8,10,15H,(H,16,17). The highest BCUT2D eigenvalue weighted by molar-refractivity contribution is 5.83. The van der Waals surface area contributed by atoms with Crippen molar-refractivity contribution in [1.82, 2.24) is 0 Å². The second-order valence-corrected chi connectivity index (χ2v) is 3.15. The summed E-state index contributed by atoms with van der Waals surface area (Å²) in [5, 5.41) is 17.8. The van der Waals surface area contributed by atoms with E-state index < -0.39 is 41.4 Å². The molecule has 0 amide bonds. The van der Waals surface area contributed by atoms with Crippen LogP contribution in [0.5, 0.6) is 5.75 Å². The number of halogens is 3. The van der Waals surface area contributed by atoms with Gasteiger partial charge in [-0.15, -0.1) is 0 Å². The van der Waals surface area contributed by atoms with Crippen LogP contribution in [-0.2, 0) is 4.79 Å². The van der Waals surface area contributed by atoms with Gasteiger partial charge in [0.15, 0.2) is 12.4 Å². The summed E-state index contributed by atoms with van der Waals surface area (Å²) >= 11 is 0. The third-order valence-corrected chi connectivity index (χ3v) is 2.01. The predicted molar refractivity (Wildman–Crippen MR) is 51.0 cm³/mol. The molecule has 0 aliphatic heterocycles. The third-order valence-electron chi connectivity index (χ3n) is 2.01. The minimum Gasteiger partial charge on any atom is -0.479 e. The van der Waals surface area contributed by atoms with Crippen LogP contribution < -0.4 is 4.74 Å². The van der Waals surface area contributed by atoms with E-state index >= 15 is 0 Å². The van der Waals surface area contributed by atoms with Crippen molar-refractivity contribution in [2.45, 2.75) is 12.7 Å². The first kappa shape index (κ1) is 14.0. The van der Waals surface area contributed by atoms with E-state index in [0.717, 1.165) is 0 Å². The summed E-state index contributed by atoms with van der Waals surface area (Å²) in [6, 6.07) is 1.16. The molecule has 0 saturated carbocycles. The predicted octanol–water partition coefficient (Wildman–Crippen LogP) is 1.36. The molecule has 0 radical (unpaired) electrons. The first-order valence-electron chi connectivity index (χ1n) is 4.51. The van der Waals surface area contributed by atoms with Crippen LogP contribution >= 0.6 is 0 Å². The maximum absolute atomic E-state index is 13.3. The molecule has 0 spiro atoms. The summed E-state index contributed by atoms with van der Waals surface area (Å²) in [6.07, 6.45) is -2.25. The van der Waals surface area contributed by atoms with Gasteiger partial charge in [0.2, 0.25) is 0 Å². The number of aliphatic carboxylic acids is 1. The van der Waals surface area contributed by atoms with Gasteiger partial charge in [-0.25, -0.2) is 9.18 Å². The van der Waals surface area contributed by atoms with Crippen LogP contribution in [0.25, 0.3) is 0 Å². The zero-order valence-electron chi connectivity index (χ0n) is 8.64. The van der Waals surface area contributed by atoms with Crippen LogP contribution in [0.4, 0.5) is 13.2 Å². The van der Waals surface area contributed by atoms with Gasteiger partial charge in [0.1, 0.15) is 11.6 Å². The van der Waals surface area contributed by atoms with Crippen molar-refractivity contribution in [1.29, 1.82) is 0 Å². The van der Waals surface area contributed by atoms with E-state index in [9.17, 15) is 27.9 Å². The number of aldehydes is 1. The van der Waals surface area contributed by atoms with Crippen LogP contribution in [0.1, 0.15) is 22.0 Å². The van der Waals surface area contributed by atoms with Crippen LogP contribution in [0.2, 0.25) is 0 Å². The van der Waals surface area contributed by atoms with Gasteiger partial charge in [0.05, 0.1) is 5.56 Å². The lowest BCUT2D eigenvalue weighted by atomic mass is 10.0. The van der Waals surface area contributed by atoms with Crippen molar-refractivity contribution in [2.24, 2.45) is 0 Å². The molecule has 5 nitrogen and oxygen atoms in total. The largest absolute Gasteiger partial charge is 0.479 e. The molecule has 1 unspecified atom stereocenters. The average molecular weight is 264 g/mol. The summed E-state index contributed by atoms with van der Waals surface area (Å²) in [7, 11) is 0. The molecule has 0 heterocycles. The van der Waals surface area contributed by atoms with E-state index in [-0.39, 0.29) is 6.29 Å². The van der Waals surface area contributed by atoms with Crippen LogP contribution in [0.3, 0.4) is 0 Å². The number of carbonyl (C=O) groups is 2. The van der Waals surface area contributed by atoms with Gasteiger partial charge in [0.25, 0.3) is 0 Å². The fraction of sp³-hybridized carbons (Fsp3) is 0.200. The number of hydrogen-bond donors (Lipinski definition) is 2. The number of alkyl halides is 2. The molecule has 1 atom stereocenters. The molecule has 2 N–H and O–H groups in total. The molecule has 0 bridgehead atoms. The number of rotatable bonds is 5. The van der Waals surface area contributed by atoms with Gasteiger partial charge in [0, 0.05) is 11.6 Å². The van der Waals surface area contributed by atoms with Gasteiger partial charge in [-0.1, -0.05) is 0 Å². The highest BCUT2D eigenvalue weighted by Gasteiger charge is 2.23. The molecule has 98 valence electrons. The van der Waals surface area contributed by atoms with Crippen molar-refractivity contribution in [2.75, 3.05) is 0 Å². The molecule has 1 aromatic rings. The van der Waals surface area contributed by atoms with Crippen LogP contribution in [0, 0.1) is 5.82 Å². The third kappa shape index (κ3) is 2.98. The molecule has 0 fully saturated rings. The molecular formula is C10H7F3O5. The number of aliphatic hydroxyl groups excluding tert-OH is 1. The lowest BCUT2D eigenvalue weighted by Gasteiger charge is -2.12. The van der Waals surface area contributed by atoms with Gasteiger partial charge >= 0.3 is 12.6 Å². The molecule has 18 heavy (non-hydrogen) atoms. The monoisotopic (exact) mass is 264 g/mol. The average Bonchev–Trinajstić information content (AvgIpc) is 2.26. The van der Waals surface area contributed by atoms with Gasteiger partial charge < -0.3 is 14.9 Å². The number of hydrogen-bond acceptors (Lipinski definition) is 4. The maximum Gasteiger partial charge on any atom is 0.387 e. The fourth-order valence-electron chi connectivity index (χ4n) is 1.27. The quantitative estimate of drug-likeness (QED) is 0.784. The summed E-state index contributed by atoms with van der Waals surface area (Å²) in [6.45, 7) is -3.25. The van der Waals surface area contributed by atoms with E-state index in [2.05, 4.69) is 4.74 Å². The number of ether oxygens (including phenoxy) is 1. The molecule has 8 heteroatoms. The lowest BCUT2D eigenvalue weighted by molar-refractivity contribution is -0.146. The van der Waals surface area contributed by atoms with Crippen LogP contribution in [0.15, 0.2) is 12.1 Å². The highest BCUT2D eigenvalue weighted by atomic mass is 19.3. The smallest absolute Gasteiger partial charge is 0.387 e. The maximum atomic E-state index is 13.3. The summed E-state index contributed by atoms with van der Waals surface area (Å²) in [5.74, 6) is -3.71. The zero-order chi connectivity index (χ0) is 13.9. The number of benzene rings is 1. The van der Waals surface area contributed by atoms with E-state index in [1.807, 2.05) is 0 Å². The molecule has 0 aromatic heterocycles. The minimum atomic E-state index is -3.25. The molecule has 0 saturated heterocycles. The Morgan fingerprint density at radius 2 is 2.00 bits per heavy atom. The zero-order valence-corrected chi connectivity index (χ0v) is 8.64. The first-order valence-corrected chi connectivity index (χ1v) is 4.51. The number of carboxylic acid groups (broad SMARTS) is 1. The van der Waals surface area contributed by atoms with Crippen LogP contribution in [-0.4, -0.2) is 29.1 Å². The summed E-state index contributed by atoms with van der Waals surface area (Å²) in [4.78, 5) is 21.1. The fourth-order valence-corrected chi connectivity index (χ4v) is 1.27. The Morgan fingerprint density at radius 1 is 1.39 bits per heavy atom. The van der Waals surface area contributed by atoms with Gasteiger partial charge in [-0.05, 0) is 6.07 Å². The Bertz CT molecular complexity index is 475. The van der Waals surface area contributed by atoms with Gasteiger partial charge in [-0.2, -0.15) is 8.78 Å². The Balaban J connectivity index is 3.31. The first-order chi connectivity index (χ1) is 8.36. The summed E-state index contributed by atoms with van der Waals surface area (Å²) < 4.78 is 41.1. The Morgan fingerprint density at radius 3 is 2.44 bits per heavy atom. The van der Waals surface area contributed by atoms with Crippen molar-refractivity contribution >= 4 is 12.3 Å². The molecule has 1 aromatic carbocycles. The SMILES string of the molecule is O=Cc1c(F)cc(OC(F)F)cc1C(O)C(=O)O. The Kier molecular flexibility index (Phi) is 4.27. The van der Waals surface area contributed by atoms with E-state index in [1.54, 1.807) is 0 Å². The normalized spacial score (nSPS) is 12.3. The molecule has 0 aliphatic carbocycles. The Labute approximate surface area is 98.4 Å². The van der Waals surface area contributed by atoms with E-state index in [0.29, 0.717) is 12.1 Å². The number of aliphatic hydroxyl groups is 1. The molecular weight excluding hydrogens is 257 g/mol. The minimum absolute atomic E-state index is 0.0248. The molecule has 1 rings (SSSR count). The Hall–Kier alpha value is -2.09.